The fraction of sp³-hybridized carbons (Fsp3) is 1.00. The van der Waals surface area contributed by atoms with Crippen molar-refractivity contribution in [1.29, 1.82) is 0 Å². The zero-order chi connectivity index (χ0) is 13.7. The molecule has 0 unspecified atom stereocenters. The molecule has 0 aliphatic heterocycles. The van der Waals surface area contributed by atoms with Crippen LogP contribution in [0.2, 0.25) is 0 Å². The lowest BCUT2D eigenvalue weighted by atomic mass is 9.72. The van der Waals surface area contributed by atoms with Gasteiger partial charge in [0.1, 0.15) is 0 Å². The Morgan fingerprint density at radius 3 is 2.32 bits per heavy atom. The normalized spacial score (nSPS) is 23.2. The summed E-state index contributed by atoms with van der Waals surface area (Å²) in [5.74, 6) is 0.833. The largest absolute Gasteiger partial charge is 0.330 e. The summed E-state index contributed by atoms with van der Waals surface area (Å²) < 4.78 is 0. The average molecular weight is 266 g/mol. The second kappa shape index (κ2) is 7.08. The third kappa shape index (κ3) is 4.75. The fourth-order valence-corrected chi connectivity index (χ4v) is 3.58. The van der Waals surface area contributed by atoms with Crippen LogP contribution in [-0.4, -0.2) is 30.6 Å². The van der Waals surface area contributed by atoms with Crippen LogP contribution in [0.25, 0.3) is 0 Å². The van der Waals surface area contributed by atoms with Gasteiger partial charge in [-0.25, -0.2) is 0 Å². The van der Waals surface area contributed by atoms with Crippen molar-refractivity contribution in [3.05, 3.63) is 0 Å². The second-order valence-corrected chi connectivity index (χ2v) is 7.46. The molecule has 112 valence electrons. The van der Waals surface area contributed by atoms with Gasteiger partial charge in [-0.05, 0) is 69.5 Å². The number of rotatable bonds is 8. The lowest BCUT2D eigenvalue weighted by Crippen LogP contribution is -2.38. The van der Waals surface area contributed by atoms with Crippen LogP contribution >= 0.6 is 0 Å². The Morgan fingerprint density at radius 1 is 1.11 bits per heavy atom. The Hall–Kier alpha value is -0.0800. The van der Waals surface area contributed by atoms with Gasteiger partial charge in [-0.2, -0.15) is 0 Å². The van der Waals surface area contributed by atoms with E-state index in [2.05, 4.69) is 18.7 Å². The topological polar surface area (TPSA) is 29.3 Å². The molecule has 2 heteroatoms. The van der Waals surface area contributed by atoms with E-state index in [1.54, 1.807) is 0 Å². The fourth-order valence-electron chi connectivity index (χ4n) is 3.58. The Balaban J connectivity index is 1.79. The van der Waals surface area contributed by atoms with Gasteiger partial charge < -0.3 is 10.6 Å². The first-order valence-electron chi connectivity index (χ1n) is 8.59. The molecule has 2 saturated carbocycles. The molecule has 0 aromatic carbocycles. The first-order valence-corrected chi connectivity index (χ1v) is 8.59. The predicted octanol–water partition coefficient (Wildman–Crippen LogP) is 3.80. The van der Waals surface area contributed by atoms with Gasteiger partial charge in [0.05, 0.1) is 0 Å². The highest BCUT2D eigenvalue weighted by Gasteiger charge is 2.34. The van der Waals surface area contributed by atoms with E-state index in [9.17, 15) is 0 Å². The maximum absolute atomic E-state index is 6.12. The molecule has 0 atom stereocenters. The molecular weight excluding hydrogens is 232 g/mol. The van der Waals surface area contributed by atoms with Gasteiger partial charge in [0, 0.05) is 6.04 Å². The zero-order valence-electron chi connectivity index (χ0n) is 13.2. The van der Waals surface area contributed by atoms with E-state index in [4.69, 9.17) is 5.73 Å². The monoisotopic (exact) mass is 266 g/mol. The van der Waals surface area contributed by atoms with E-state index >= 15 is 0 Å². The van der Waals surface area contributed by atoms with E-state index in [0.29, 0.717) is 5.41 Å². The van der Waals surface area contributed by atoms with Crippen LogP contribution < -0.4 is 5.73 Å². The molecule has 0 bridgehead atoms. The molecule has 2 rings (SSSR count). The first-order chi connectivity index (χ1) is 9.15. The quantitative estimate of drug-likeness (QED) is 0.724. The SMILES string of the molecule is CC(C)CCN(CCC1(CN)CCCCC1)C1CC1. The summed E-state index contributed by atoms with van der Waals surface area (Å²) in [6.07, 6.45) is 12.6. The summed E-state index contributed by atoms with van der Waals surface area (Å²) in [6.45, 7) is 8.20. The van der Waals surface area contributed by atoms with Crippen LogP contribution in [0.15, 0.2) is 0 Å². The minimum absolute atomic E-state index is 0.489. The molecule has 2 fully saturated rings. The van der Waals surface area contributed by atoms with Crippen LogP contribution in [0.3, 0.4) is 0 Å². The standard InChI is InChI=1S/C17H34N2/c1-15(2)8-12-19(16-6-7-16)13-11-17(14-18)9-4-3-5-10-17/h15-16H,3-14,18H2,1-2H3. The van der Waals surface area contributed by atoms with Crippen LogP contribution in [0.4, 0.5) is 0 Å². The third-order valence-electron chi connectivity index (χ3n) is 5.33. The van der Waals surface area contributed by atoms with Crippen LogP contribution in [0, 0.1) is 11.3 Å². The molecule has 0 aromatic heterocycles. The molecule has 0 aromatic rings. The van der Waals surface area contributed by atoms with Gasteiger partial charge in [0.25, 0.3) is 0 Å². The van der Waals surface area contributed by atoms with E-state index in [1.807, 2.05) is 0 Å². The number of hydrogen-bond donors (Lipinski definition) is 1. The van der Waals surface area contributed by atoms with Crippen molar-refractivity contribution in [3.8, 4) is 0 Å². The van der Waals surface area contributed by atoms with E-state index < -0.39 is 0 Å². The molecule has 2 nitrogen and oxygen atoms in total. The van der Waals surface area contributed by atoms with Gasteiger partial charge in [0.2, 0.25) is 0 Å². The number of hydrogen-bond acceptors (Lipinski definition) is 2. The average Bonchev–Trinajstić information content (AvgIpc) is 3.24. The van der Waals surface area contributed by atoms with Crippen LogP contribution in [-0.2, 0) is 0 Å². The lowest BCUT2D eigenvalue weighted by molar-refractivity contribution is 0.140. The number of nitrogens with two attached hydrogens (primary N) is 1. The highest BCUT2D eigenvalue weighted by Crippen LogP contribution is 2.39. The Labute approximate surface area is 120 Å². The van der Waals surface area contributed by atoms with Crippen LogP contribution in [0.1, 0.15) is 71.6 Å². The van der Waals surface area contributed by atoms with Gasteiger partial charge in [-0.1, -0.05) is 33.1 Å². The minimum Gasteiger partial charge on any atom is -0.330 e. The van der Waals surface area contributed by atoms with Crippen molar-refractivity contribution >= 4 is 0 Å². The van der Waals surface area contributed by atoms with Crippen LogP contribution in [0.5, 0.6) is 0 Å². The molecule has 0 saturated heterocycles. The van der Waals surface area contributed by atoms with Crippen molar-refractivity contribution in [3.63, 3.8) is 0 Å². The molecule has 2 aliphatic carbocycles. The lowest BCUT2D eigenvalue weighted by Gasteiger charge is -2.38. The summed E-state index contributed by atoms with van der Waals surface area (Å²) in [4.78, 5) is 2.77. The summed E-state index contributed by atoms with van der Waals surface area (Å²) in [5.41, 5.74) is 6.61. The summed E-state index contributed by atoms with van der Waals surface area (Å²) >= 11 is 0. The second-order valence-electron chi connectivity index (χ2n) is 7.46. The molecule has 0 spiro atoms. The smallest absolute Gasteiger partial charge is 0.00964 e. The zero-order valence-corrected chi connectivity index (χ0v) is 13.2. The van der Waals surface area contributed by atoms with E-state index in [1.165, 1.54) is 70.9 Å². The highest BCUT2D eigenvalue weighted by atomic mass is 15.2. The predicted molar refractivity (Wildman–Crippen MR) is 83.2 cm³/mol. The molecule has 2 aliphatic rings. The Bertz CT molecular complexity index is 252. The maximum Gasteiger partial charge on any atom is 0.00964 e. The molecule has 19 heavy (non-hydrogen) atoms. The van der Waals surface area contributed by atoms with E-state index in [0.717, 1.165) is 18.5 Å². The van der Waals surface area contributed by atoms with E-state index in [-0.39, 0.29) is 0 Å². The summed E-state index contributed by atoms with van der Waals surface area (Å²) in [5, 5.41) is 0. The first kappa shape index (κ1) is 15.3. The highest BCUT2D eigenvalue weighted by molar-refractivity contribution is 4.89. The summed E-state index contributed by atoms with van der Waals surface area (Å²) in [6, 6.07) is 0.914. The van der Waals surface area contributed by atoms with Crippen molar-refractivity contribution in [1.82, 2.24) is 4.90 Å². The van der Waals surface area contributed by atoms with Gasteiger partial charge in [-0.15, -0.1) is 0 Å². The van der Waals surface area contributed by atoms with Crippen molar-refractivity contribution in [2.24, 2.45) is 17.1 Å². The molecule has 2 N–H and O–H groups in total. The van der Waals surface area contributed by atoms with Crippen molar-refractivity contribution < 1.29 is 0 Å². The minimum atomic E-state index is 0.489. The molecular formula is C17H34N2. The molecule has 0 radical (unpaired) electrons. The molecule has 0 heterocycles. The Morgan fingerprint density at radius 2 is 1.79 bits per heavy atom. The number of nitrogens with zero attached hydrogens (tertiary/aromatic N) is 1. The molecule has 0 amide bonds. The summed E-state index contributed by atoms with van der Waals surface area (Å²) in [7, 11) is 0. The Kier molecular flexibility index (Phi) is 5.70. The third-order valence-corrected chi connectivity index (χ3v) is 5.33. The van der Waals surface area contributed by atoms with Crippen molar-refractivity contribution in [2.75, 3.05) is 19.6 Å². The van der Waals surface area contributed by atoms with Gasteiger partial charge in [0.15, 0.2) is 0 Å². The van der Waals surface area contributed by atoms with Gasteiger partial charge >= 0.3 is 0 Å². The van der Waals surface area contributed by atoms with Gasteiger partial charge in [-0.3, -0.25) is 0 Å². The van der Waals surface area contributed by atoms with Crippen molar-refractivity contribution in [2.45, 2.75) is 77.7 Å². The maximum atomic E-state index is 6.12.